The van der Waals surface area contributed by atoms with Gasteiger partial charge in [-0.15, -0.1) is 11.3 Å². The molecule has 0 unspecified atom stereocenters. The largest absolute Gasteiger partial charge is 0.501 e. The first-order chi connectivity index (χ1) is 8.00. The van der Waals surface area contributed by atoms with Crippen LogP contribution in [0.15, 0.2) is 16.2 Å². The van der Waals surface area contributed by atoms with E-state index in [1.54, 1.807) is 5.38 Å². The molecule has 7 heteroatoms. The lowest BCUT2D eigenvalue weighted by Crippen LogP contribution is -2.15. The van der Waals surface area contributed by atoms with Crippen LogP contribution in [0, 0.1) is 6.92 Å². The molecule has 2 heterocycles. The van der Waals surface area contributed by atoms with Crippen molar-refractivity contribution in [1.82, 2.24) is 9.97 Å². The number of aryl methyl sites for hydroxylation is 1. The van der Waals surface area contributed by atoms with Gasteiger partial charge in [0.1, 0.15) is 0 Å². The van der Waals surface area contributed by atoms with Crippen LogP contribution in [-0.2, 0) is 0 Å². The van der Waals surface area contributed by atoms with Gasteiger partial charge in [-0.3, -0.25) is 4.79 Å². The maximum Gasteiger partial charge on any atom is 0.358 e. The first-order valence-corrected chi connectivity index (χ1v) is 5.49. The van der Waals surface area contributed by atoms with E-state index in [2.05, 4.69) is 9.97 Å². The molecule has 2 aromatic rings. The fraction of sp³-hybridized carbons (Fsp3) is 0.100. The van der Waals surface area contributed by atoms with E-state index in [1.807, 2.05) is 13.0 Å². The number of aromatic hydroxyl groups is 1. The molecule has 0 amide bonds. The van der Waals surface area contributed by atoms with Crippen molar-refractivity contribution in [3.63, 3.8) is 0 Å². The summed E-state index contributed by atoms with van der Waals surface area (Å²) in [4.78, 5) is 28.9. The Hall–Kier alpha value is -2.15. The molecule has 0 saturated heterocycles. The first kappa shape index (κ1) is 11.3. The van der Waals surface area contributed by atoms with Crippen molar-refractivity contribution in [2.75, 3.05) is 0 Å². The third kappa shape index (κ3) is 1.92. The molecule has 0 fully saturated rings. The SMILES string of the molecule is Cc1ccsc1-c1nc(C(=O)O)c(O)c(=O)[nH]1. The smallest absolute Gasteiger partial charge is 0.358 e. The second-order valence-electron chi connectivity index (χ2n) is 3.35. The van der Waals surface area contributed by atoms with Gasteiger partial charge in [0.2, 0.25) is 5.75 Å². The van der Waals surface area contributed by atoms with E-state index >= 15 is 0 Å². The number of hydrogen-bond acceptors (Lipinski definition) is 5. The number of carbonyl (C=O) groups is 1. The Labute approximate surface area is 99.2 Å². The van der Waals surface area contributed by atoms with Gasteiger partial charge in [0.05, 0.1) is 4.88 Å². The van der Waals surface area contributed by atoms with E-state index in [1.165, 1.54) is 11.3 Å². The van der Waals surface area contributed by atoms with E-state index in [-0.39, 0.29) is 5.82 Å². The summed E-state index contributed by atoms with van der Waals surface area (Å²) in [5.74, 6) is -2.17. The molecular formula is C10H8N2O4S. The van der Waals surface area contributed by atoms with Gasteiger partial charge in [-0.05, 0) is 23.9 Å². The summed E-state index contributed by atoms with van der Waals surface area (Å²) in [6, 6.07) is 1.83. The van der Waals surface area contributed by atoms with Gasteiger partial charge in [-0.1, -0.05) is 0 Å². The summed E-state index contributed by atoms with van der Waals surface area (Å²) in [6.45, 7) is 1.82. The quantitative estimate of drug-likeness (QED) is 0.745. The molecule has 0 aliphatic heterocycles. The molecule has 2 rings (SSSR count). The highest BCUT2D eigenvalue weighted by Crippen LogP contribution is 2.26. The van der Waals surface area contributed by atoms with E-state index < -0.39 is 23.0 Å². The van der Waals surface area contributed by atoms with E-state index in [4.69, 9.17) is 5.11 Å². The third-order valence-corrected chi connectivity index (χ3v) is 3.20. The number of nitrogens with zero attached hydrogens (tertiary/aromatic N) is 1. The zero-order chi connectivity index (χ0) is 12.6. The van der Waals surface area contributed by atoms with Gasteiger partial charge in [-0.25, -0.2) is 9.78 Å². The standard InChI is InChI=1S/C10H8N2O4S/c1-4-2-3-17-7(4)8-11-5(10(15)16)6(13)9(14)12-8/h2-3,13H,1H3,(H,15,16)(H,11,12,14). The summed E-state index contributed by atoms with van der Waals surface area (Å²) >= 11 is 1.33. The van der Waals surface area contributed by atoms with Crippen LogP contribution in [0.1, 0.15) is 16.1 Å². The summed E-state index contributed by atoms with van der Waals surface area (Å²) < 4.78 is 0. The van der Waals surface area contributed by atoms with Crippen molar-refractivity contribution < 1.29 is 15.0 Å². The predicted molar refractivity (Wildman–Crippen MR) is 61.5 cm³/mol. The number of rotatable bonds is 2. The van der Waals surface area contributed by atoms with Crippen LogP contribution >= 0.6 is 11.3 Å². The number of carboxylic acids is 1. The van der Waals surface area contributed by atoms with Gasteiger partial charge in [0, 0.05) is 0 Å². The monoisotopic (exact) mass is 252 g/mol. The highest BCUT2D eigenvalue weighted by Gasteiger charge is 2.18. The number of nitrogens with one attached hydrogen (secondary N) is 1. The molecule has 0 atom stereocenters. The van der Waals surface area contributed by atoms with E-state index in [9.17, 15) is 14.7 Å². The highest BCUT2D eigenvalue weighted by atomic mass is 32.1. The minimum atomic E-state index is -1.44. The summed E-state index contributed by atoms with van der Waals surface area (Å²) in [6.07, 6.45) is 0. The average molecular weight is 252 g/mol. The zero-order valence-electron chi connectivity index (χ0n) is 8.72. The molecule has 0 aliphatic carbocycles. The number of carboxylic acid groups (broad SMARTS) is 1. The molecule has 0 aliphatic rings. The van der Waals surface area contributed by atoms with Gasteiger partial charge >= 0.3 is 5.97 Å². The average Bonchev–Trinajstić information content (AvgIpc) is 2.68. The maximum absolute atomic E-state index is 11.4. The molecule has 88 valence electrons. The molecule has 0 spiro atoms. The van der Waals surface area contributed by atoms with Crippen LogP contribution in [0.3, 0.4) is 0 Å². The minimum absolute atomic E-state index is 0.151. The number of aromatic carboxylic acids is 1. The second-order valence-corrected chi connectivity index (χ2v) is 4.27. The predicted octanol–water partition coefficient (Wildman–Crippen LogP) is 1.21. The van der Waals surface area contributed by atoms with Crippen molar-refractivity contribution in [3.05, 3.63) is 33.1 Å². The summed E-state index contributed by atoms with van der Waals surface area (Å²) in [5.41, 5.74) is -0.628. The molecule has 2 aromatic heterocycles. The van der Waals surface area contributed by atoms with E-state index in [0.29, 0.717) is 4.88 Å². The van der Waals surface area contributed by atoms with Crippen LogP contribution in [0.4, 0.5) is 0 Å². The Balaban J connectivity index is 2.70. The number of aromatic amines is 1. The van der Waals surface area contributed by atoms with Crippen molar-refractivity contribution in [2.45, 2.75) is 6.92 Å². The fourth-order valence-corrected chi connectivity index (χ4v) is 2.21. The number of H-pyrrole nitrogens is 1. The molecule has 0 aromatic carbocycles. The normalized spacial score (nSPS) is 10.4. The molecule has 0 saturated carbocycles. The summed E-state index contributed by atoms with van der Waals surface area (Å²) in [5, 5.41) is 19.9. The number of hydrogen-bond donors (Lipinski definition) is 3. The zero-order valence-corrected chi connectivity index (χ0v) is 9.54. The second kappa shape index (κ2) is 4.02. The Bertz CT molecular complexity index is 644. The maximum atomic E-state index is 11.4. The molecular weight excluding hydrogens is 244 g/mol. The van der Waals surface area contributed by atoms with Crippen molar-refractivity contribution in [3.8, 4) is 16.5 Å². The number of thiophene rings is 1. The Morgan fingerprint density at radius 2 is 2.24 bits per heavy atom. The van der Waals surface area contributed by atoms with Gasteiger partial charge in [0.25, 0.3) is 5.56 Å². The van der Waals surface area contributed by atoms with Gasteiger partial charge in [-0.2, -0.15) is 0 Å². The lowest BCUT2D eigenvalue weighted by Gasteiger charge is -2.02. The van der Waals surface area contributed by atoms with Crippen molar-refractivity contribution in [1.29, 1.82) is 0 Å². The lowest BCUT2D eigenvalue weighted by atomic mass is 10.2. The Morgan fingerprint density at radius 3 is 2.76 bits per heavy atom. The number of aromatic nitrogens is 2. The molecule has 6 nitrogen and oxygen atoms in total. The topological polar surface area (TPSA) is 103 Å². The highest BCUT2D eigenvalue weighted by molar-refractivity contribution is 7.13. The fourth-order valence-electron chi connectivity index (χ4n) is 1.34. The van der Waals surface area contributed by atoms with E-state index in [0.717, 1.165) is 5.56 Å². The summed E-state index contributed by atoms with van der Waals surface area (Å²) in [7, 11) is 0. The first-order valence-electron chi connectivity index (χ1n) is 4.61. The van der Waals surface area contributed by atoms with Gasteiger partial charge < -0.3 is 15.2 Å². The third-order valence-electron chi connectivity index (χ3n) is 2.17. The van der Waals surface area contributed by atoms with Crippen LogP contribution in [0.25, 0.3) is 10.7 Å². The Kier molecular flexibility index (Phi) is 2.68. The van der Waals surface area contributed by atoms with Gasteiger partial charge in [0.15, 0.2) is 11.5 Å². The Morgan fingerprint density at radius 1 is 1.53 bits per heavy atom. The van der Waals surface area contributed by atoms with Crippen LogP contribution in [0.2, 0.25) is 0 Å². The molecule has 0 radical (unpaired) electrons. The molecule has 0 bridgehead atoms. The van der Waals surface area contributed by atoms with Crippen LogP contribution in [-0.4, -0.2) is 26.2 Å². The van der Waals surface area contributed by atoms with Crippen molar-refractivity contribution >= 4 is 17.3 Å². The molecule has 3 N–H and O–H groups in total. The minimum Gasteiger partial charge on any atom is -0.501 e. The van der Waals surface area contributed by atoms with Crippen molar-refractivity contribution in [2.24, 2.45) is 0 Å². The van der Waals surface area contributed by atoms with Crippen LogP contribution < -0.4 is 5.56 Å². The lowest BCUT2D eigenvalue weighted by molar-refractivity contribution is 0.0686. The molecule has 17 heavy (non-hydrogen) atoms. The van der Waals surface area contributed by atoms with Crippen LogP contribution in [0.5, 0.6) is 5.75 Å².